The number of hydrogen-bond donors (Lipinski definition) is 1. The summed E-state index contributed by atoms with van der Waals surface area (Å²) in [6.45, 7) is 5.27. The van der Waals surface area contributed by atoms with Gasteiger partial charge in [-0.25, -0.2) is 4.98 Å². The van der Waals surface area contributed by atoms with E-state index in [2.05, 4.69) is 28.7 Å². The standard InChI is InChI=1S/C11H19N3/c1-3-14-9(2)8-12-11(14)13-10-6-4-5-7-10/h8,10H,3-7H2,1-2H3,(H,12,13). The summed E-state index contributed by atoms with van der Waals surface area (Å²) in [4.78, 5) is 4.40. The van der Waals surface area contributed by atoms with E-state index in [1.54, 1.807) is 0 Å². The van der Waals surface area contributed by atoms with E-state index in [9.17, 15) is 0 Å². The summed E-state index contributed by atoms with van der Waals surface area (Å²) in [5.41, 5.74) is 1.24. The quantitative estimate of drug-likeness (QED) is 0.799. The summed E-state index contributed by atoms with van der Waals surface area (Å²) < 4.78 is 2.23. The summed E-state index contributed by atoms with van der Waals surface area (Å²) in [5, 5.41) is 3.53. The zero-order chi connectivity index (χ0) is 9.97. The van der Waals surface area contributed by atoms with Crippen LogP contribution < -0.4 is 5.32 Å². The van der Waals surface area contributed by atoms with Gasteiger partial charge in [-0.2, -0.15) is 0 Å². The van der Waals surface area contributed by atoms with Gasteiger partial charge in [-0.1, -0.05) is 12.8 Å². The minimum atomic E-state index is 0.655. The first-order valence-electron chi connectivity index (χ1n) is 5.60. The maximum atomic E-state index is 4.40. The Kier molecular flexibility index (Phi) is 2.75. The Labute approximate surface area is 85.5 Å². The first-order valence-corrected chi connectivity index (χ1v) is 5.60. The fraction of sp³-hybridized carbons (Fsp3) is 0.727. The molecule has 14 heavy (non-hydrogen) atoms. The monoisotopic (exact) mass is 193 g/mol. The number of nitrogens with one attached hydrogen (secondary N) is 1. The number of anilines is 1. The van der Waals surface area contributed by atoms with Gasteiger partial charge in [0.15, 0.2) is 0 Å². The summed E-state index contributed by atoms with van der Waals surface area (Å²) in [6.07, 6.45) is 7.28. The number of nitrogens with zero attached hydrogens (tertiary/aromatic N) is 2. The third kappa shape index (κ3) is 1.76. The van der Waals surface area contributed by atoms with Crippen molar-refractivity contribution in [1.82, 2.24) is 9.55 Å². The van der Waals surface area contributed by atoms with Crippen LogP contribution in [0.25, 0.3) is 0 Å². The molecule has 1 heterocycles. The first-order chi connectivity index (χ1) is 6.81. The molecule has 1 aromatic heterocycles. The molecule has 1 N–H and O–H groups in total. The zero-order valence-electron chi connectivity index (χ0n) is 9.08. The highest BCUT2D eigenvalue weighted by Crippen LogP contribution is 2.22. The lowest BCUT2D eigenvalue weighted by Gasteiger charge is -2.14. The number of imidazole rings is 1. The average Bonchev–Trinajstić information content (AvgIpc) is 2.77. The van der Waals surface area contributed by atoms with Gasteiger partial charge in [-0.05, 0) is 26.7 Å². The van der Waals surface area contributed by atoms with Gasteiger partial charge in [0.2, 0.25) is 5.95 Å². The third-order valence-corrected chi connectivity index (χ3v) is 3.06. The van der Waals surface area contributed by atoms with Crippen LogP contribution in [-0.4, -0.2) is 15.6 Å². The first kappa shape index (κ1) is 9.56. The van der Waals surface area contributed by atoms with Crippen molar-refractivity contribution in [3.63, 3.8) is 0 Å². The predicted octanol–water partition coefficient (Wildman–Crippen LogP) is 2.57. The summed E-state index contributed by atoms with van der Waals surface area (Å²) in [6, 6.07) is 0.655. The molecule has 1 aliphatic carbocycles. The number of rotatable bonds is 3. The molecule has 3 nitrogen and oxygen atoms in total. The third-order valence-electron chi connectivity index (χ3n) is 3.06. The van der Waals surface area contributed by atoms with Crippen LogP contribution in [0.15, 0.2) is 6.20 Å². The molecule has 0 aliphatic heterocycles. The molecule has 1 saturated carbocycles. The second-order valence-corrected chi connectivity index (χ2v) is 4.09. The van der Waals surface area contributed by atoms with Crippen LogP contribution >= 0.6 is 0 Å². The van der Waals surface area contributed by atoms with Crippen molar-refractivity contribution in [3.05, 3.63) is 11.9 Å². The Bertz CT molecular complexity index is 297. The van der Waals surface area contributed by atoms with E-state index in [0.29, 0.717) is 6.04 Å². The van der Waals surface area contributed by atoms with Gasteiger partial charge in [-0.3, -0.25) is 0 Å². The van der Waals surface area contributed by atoms with Gasteiger partial charge in [0.1, 0.15) is 0 Å². The lowest BCUT2D eigenvalue weighted by molar-refractivity contribution is 0.696. The Hall–Kier alpha value is -0.990. The highest BCUT2D eigenvalue weighted by atomic mass is 15.2. The highest BCUT2D eigenvalue weighted by Gasteiger charge is 2.16. The van der Waals surface area contributed by atoms with E-state index in [1.165, 1.54) is 31.4 Å². The Morgan fingerprint density at radius 3 is 2.86 bits per heavy atom. The van der Waals surface area contributed by atoms with Crippen molar-refractivity contribution in [2.75, 3.05) is 5.32 Å². The average molecular weight is 193 g/mol. The summed E-state index contributed by atoms with van der Waals surface area (Å²) >= 11 is 0. The topological polar surface area (TPSA) is 29.9 Å². The lowest BCUT2D eigenvalue weighted by atomic mass is 10.2. The van der Waals surface area contributed by atoms with Crippen LogP contribution in [0, 0.1) is 6.92 Å². The van der Waals surface area contributed by atoms with Crippen LogP contribution in [0.3, 0.4) is 0 Å². The smallest absolute Gasteiger partial charge is 0.203 e. The van der Waals surface area contributed by atoms with Crippen molar-refractivity contribution < 1.29 is 0 Å². The van der Waals surface area contributed by atoms with Gasteiger partial charge < -0.3 is 9.88 Å². The summed E-state index contributed by atoms with van der Waals surface area (Å²) in [5.74, 6) is 1.05. The Balaban J connectivity index is 2.07. The normalized spacial score (nSPS) is 17.6. The number of aromatic nitrogens is 2. The second kappa shape index (κ2) is 4.03. The molecule has 0 aromatic carbocycles. The molecule has 0 saturated heterocycles. The van der Waals surface area contributed by atoms with Gasteiger partial charge >= 0.3 is 0 Å². The SMILES string of the molecule is CCn1c(C)cnc1NC1CCCC1. The highest BCUT2D eigenvalue weighted by molar-refractivity contribution is 5.30. The van der Waals surface area contributed by atoms with E-state index >= 15 is 0 Å². The van der Waals surface area contributed by atoms with Crippen LogP contribution in [0.1, 0.15) is 38.3 Å². The van der Waals surface area contributed by atoms with Crippen molar-refractivity contribution in [2.45, 2.75) is 52.1 Å². The Morgan fingerprint density at radius 1 is 1.50 bits per heavy atom. The van der Waals surface area contributed by atoms with Gasteiger partial charge in [0, 0.05) is 18.3 Å². The fourth-order valence-corrected chi connectivity index (χ4v) is 2.23. The minimum absolute atomic E-state index is 0.655. The van der Waals surface area contributed by atoms with E-state index in [0.717, 1.165) is 12.5 Å². The Morgan fingerprint density at radius 2 is 2.21 bits per heavy atom. The van der Waals surface area contributed by atoms with Crippen LogP contribution in [0.5, 0.6) is 0 Å². The minimum Gasteiger partial charge on any atom is -0.353 e. The van der Waals surface area contributed by atoms with Gasteiger partial charge in [-0.15, -0.1) is 0 Å². The number of hydrogen-bond acceptors (Lipinski definition) is 2. The molecule has 0 atom stereocenters. The molecule has 0 bridgehead atoms. The van der Waals surface area contributed by atoms with Crippen LogP contribution in [0.2, 0.25) is 0 Å². The van der Waals surface area contributed by atoms with Crippen molar-refractivity contribution in [3.8, 4) is 0 Å². The predicted molar refractivity (Wildman–Crippen MR) is 58.5 cm³/mol. The van der Waals surface area contributed by atoms with E-state index in [-0.39, 0.29) is 0 Å². The van der Waals surface area contributed by atoms with E-state index < -0.39 is 0 Å². The second-order valence-electron chi connectivity index (χ2n) is 4.09. The molecule has 1 aromatic rings. The molecule has 2 rings (SSSR count). The molecular formula is C11H19N3. The van der Waals surface area contributed by atoms with Crippen molar-refractivity contribution >= 4 is 5.95 Å². The van der Waals surface area contributed by atoms with Gasteiger partial charge in [0.25, 0.3) is 0 Å². The zero-order valence-corrected chi connectivity index (χ0v) is 9.08. The summed E-state index contributed by atoms with van der Waals surface area (Å²) in [7, 11) is 0. The van der Waals surface area contributed by atoms with Gasteiger partial charge in [0.05, 0.1) is 6.20 Å². The molecule has 0 spiro atoms. The van der Waals surface area contributed by atoms with Crippen LogP contribution in [0.4, 0.5) is 5.95 Å². The van der Waals surface area contributed by atoms with E-state index in [1.807, 2.05) is 6.20 Å². The largest absolute Gasteiger partial charge is 0.353 e. The molecule has 0 unspecified atom stereocenters. The molecule has 1 aliphatic rings. The van der Waals surface area contributed by atoms with Crippen molar-refractivity contribution in [2.24, 2.45) is 0 Å². The molecule has 78 valence electrons. The maximum absolute atomic E-state index is 4.40. The van der Waals surface area contributed by atoms with E-state index in [4.69, 9.17) is 0 Å². The lowest BCUT2D eigenvalue weighted by Crippen LogP contribution is -2.18. The fourth-order valence-electron chi connectivity index (χ4n) is 2.23. The number of aryl methyl sites for hydroxylation is 1. The molecule has 0 amide bonds. The van der Waals surface area contributed by atoms with Crippen molar-refractivity contribution in [1.29, 1.82) is 0 Å². The molecular weight excluding hydrogens is 174 g/mol. The molecule has 1 fully saturated rings. The maximum Gasteiger partial charge on any atom is 0.203 e. The van der Waals surface area contributed by atoms with Crippen LogP contribution in [-0.2, 0) is 6.54 Å². The molecule has 0 radical (unpaired) electrons. The molecule has 3 heteroatoms.